The van der Waals surface area contributed by atoms with Crippen molar-refractivity contribution in [2.75, 3.05) is 25.5 Å². The lowest BCUT2D eigenvalue weighted by molar-refractivity contribution is -0.385. The second-order valence-electron chi connectivity index (χ2n) is 4.85. The summed E-state index contributed by atoms with van der Waals surface area (Å²) in [6, 6.07) is 1.29. The lowest BCUT2D eigenvalue weighted by Crippen LogP contribution is -2.28. The van der Waals surface area contributed by atoms with Crippen LogP contribution < -0.4 is 5.32 Å². The van der Waals surface area contributed by atoms with E-state index in [1.807, 2.05) is 13.8 Å². The average Bonchev–Trinajstić information content (AvgIpc) is 2.49. The van der Waals surface area contributed by atoms with Gasteiger partial charge in [-0.15, -0.1) is 0 Å². The summed E-state index contributed by atoms with van der Waals surface area (Å²) in [7, 11) is 1.69. The number of pyridine rings is 1. The van der Waals surface area contributed by atoms with E-state index in [4.69, 9.17) is 0 Å². The van der Waals surface area contributed by atoms with Crippen LogP contribution in [0, 0.1) is 10.1 Å². The molecule has 0 atom stereocenters. The van der Waals surface area contributed by atoms with Crippen molar-refractivity contribution in [2.24, 2.45) is 0 Å². The summed E-state index contributed by atoms with van der Waals surface area (Å²) in [5, 5.41) is 13.9. The molecule has 1 rings (SSSR count). The third-order valence-electron chi connectivity index (χ3n) is 3.05. The number of aromatic nitrogens is 1. The summed E-state index contributed by atoms with van der Waals surface area (Å²) in [5.41, 5.74) is 0.0699. The Labute approximate surface area is 124 Å². The molecule has 1 aromatic rings. The summed E-state index contributed by atoms with van der Waals surface area (Å²) < 4.78 is 0. The number of amides is 1. The van der Waals surface area contributed by atoms with Gasteiger partial charge in [0.1, 0.15) is 12.0 Å². The summed E-state index contributed by atoms with van der Waals surface area (Å²) in [4.78, 5) is 28.3. The highest BCUT2D eigenvalue weighted by Crippen LogP contribution is 2.20. The van der Waals surface area contributed by atoms with E-state index in [9.17, 15) is 14.9 Å². The molecular formula is C14H22N4O3. The highest BCUT2D eigenvalue weighted by Gasteiger charge is 2.20. The number of carbonyl (C=O) groups excluding carboxylic acids is 1. The molecule has 116 valence electrons. The van der Waals surface area contributed by atoms with Crippen molar-refractivity contribution in [1.29, 1.82) is 0 Å². The molecule has 1 amide bonds. The maximum atomic E-state index is 12.4. The zero-order chi connectivity index (χ0) is 15.8. The van der Waals surface area contributed by atoms with Crippen LogP contribution in [0.5, 0.6) is 0 Å². The Bertz CT molecular complexity index is 505. The molecule has 0 fully saturated rings. The molecule has 7 heteroatoms. The second kappa shape index (κ2) is 8.18. The minimum Gasteiger partial charge on any atom is -0.369 e. The highest BCUT2D eigenvalue weighted by molar-refractivity contribution is 5.99. The van der Waals surface area contributed by atoms with Gasteiger partial charge in [0.25, 0.3) is 11.6 Å². The van der Waals surface area contributed by atoms with Gasteiger partial charge >= 0.3 is 0 Å². The van der Waals surface area contributed by atoms with Crippen molar-refractivity contribution in [3.63, 3.8) is 0 Å². The topological polar surface area (TPSA) is 88.4 Å². The molecule has 0 aliphatic rings. The minimum atomic E-state index is -0.542. The lowest BCUT2D eigenvalue weighted by atomic mass is 10.2. The third kappa shape index (κ3) is 4.70. The van der Waals surface area contributed by atoms with E-state index < -0.39 is 4.92 Å². The van der Waals surface area contributed by atoms with Crippen LogP contribution in [0.15, 0.2) is 12.3 Å². The first kappa shape index (κ1) is 16.9. The zero-order valence-electron chi connectivity index (χ0n) is 12.8. The van der Waals surface area contributed by atoms with Gasteiger partial charge in [0.2, 0.25) is 0 Å². The maximum Gasteiger partial charge on any atom is 0.288 e. The molecule has 1 aromatic heterocycles. The molecule has 0 saturated carbocycles. The largest absolute Gasteiger partial charge is 0.369 e. The van der Waals surface area contributed by atoms with E-state index in [0.717, 1.165) is 19.3 Å². The van der Waals surface area contributed by atoms with E-state index >= 15 is 0 Å². The minimum absolute atomic E-state index is 0.177. The summed E-state index contributed by atoms with van der Waals surface area (Å²) in [6.07, 6.45) is 3.91. The molecule has 0 saturated heterocycles. The predicted molar refractivity (Wildman–Crippen MR) is 81.5 cm³/mol. The van der Waals surface area contributed by atoms with Crippen molar-refractivity contribution in [3.8, 4) is 0 Å². The summed E-state index contributed by atoms with van der Waals surface area (Å²) >= 11 is 0. The molecular weight excluding hydrogens is 272 g/mol. The van der Waals surface area contributed by atoms with Gasteiger partial charge < -0.3 is 10.2 Å². The Morgan fingerprint density at radius 3 is 2.71 bits per heavy atom. The van der Waals surface area contributed by atoms with Crippen molar-refractivity contribution in [1.82, 2.24) is 9.88 Å². The van der Waals surface area contributed by atoms with E-state index in [1.54, 1.807) is 11.9 Å². The first-order valence-corrected chi connectivity index (χ1v) is 7.15. The maximum absolute atomic E-state index is 12.4. The number of nitrogens with zero attached hydrogens (tertiary/aromatic N) is 3. The van der Waals surface area contributed by atoms with Crippen LogP contribution >= 0.6 is 0 Å². The van der Waals surface area contributed by atoms with Crippen LogP contribution in [0.1, 0.15) is 43.5 Å². The number of nitro groups is 1. The average molecular weight is 294 g/mol. The van der Waals surface area contributed by atoms with Gasteiger partial charge in [0, 0.05) is 26.2 Å². The molecule has 1 heterocycles. The van der Waals surface area contributed by atoms with Gasteiger partial charge in [-0.2, -0.15) is 0 Å². The van der Waals surface area contributed by atoms with Crippen LogP contribution in [0.4, 0.5) is 11.5 Å². The highest BCUT2D eigenvalue weighted by atomic mass is 16.6. The lowest BCUT2D eigenvalue weighted by Gasteiger charge is -2.18. The molecule has 21 heavy (non-hydrogen) atoms. The van der Waals surface area contributed by atoms with Gasteiger partial charge in [-0.25, -0.2) is 4.98 Å². The molecule has 0 spiro atoms. The number of unbranched alkanes of at least 4 members (excludes halogenated alkanes) is 1. The van der Waals surface area contributed by atoms with E-state index in [-0.39, 0.29) is 17.2 Å². The predicted octanol–water partition coefficient (Wildman–Crippen LogP) is 2.68. The van der Waals surface area contributed by atoms with Crippen LogP contribution in [0.2, 0.25) is 0 Å². The summed E-state index contributed by atoms with van der Waals surface area (Å²) in [6.45, 7) is 5.31. The zero-order valence-corrected chi connectivity index (χ0v) is 12.8. The Morgan fingerprint density at radius 1 is 1.43 bits per heavy atom. The van der Waals surface area contributed by atoms with Crippen LogP contribution in [-0.4, -0.2) is 40.9 Å². The fourth-order valence-corrected chi connectivity index (χ4v) is 1.80. The first-order chi connectivity index (χ1) is 10.0. The Kier molecular flexibility index (Phi) is 6.58. The second-order valence-corrected chi connectivity index (χ2v) is 4.85. The number of carbonyl (C=O) groups is 1. The van der Waals surface area contributed by atoms with Gasteiger partial charge in [0.05, 0.1) is 10.5 Å². The number of rotatable bonds is 8. The van der Waals surface area contributed by atoms with Crippen LogP contribution in [-0.2, 0) is 0 Å². The Hall–Kier alpha value is -2.18. The molecule has 0 aromatic carbocycles. The quantitative estimate of drug-likeness (QED) is 0.588. The molecule has 0 bridgehead atoms. The van der Waals surface area contributed by atoms with Gasteiger partial charge in [-0.3, -0.25) is 14.9 Å². The van der Waals surface area contributed by atoms with Gasteiger partial charge in [0.15, 0.2) is 0 Å². The summed E-state index contributed by atoms with van der Waals surface area (Å²) in [5.74, 6) is 0.147. The fraction of sp³-hybridized carbons (Fsp3) is 0.571. The van der Waals surface area contributed by atoms with Crippen molar-refractivity contribution in [2.45, 2.75) is 33.1 Å². The van der Waals surface area contributed by atoms with Crippen molar-refractivity contribution >= 4 is 17.4 Å². The van der Waals surface area contributed by atoms with Gasteiger partial charge in [-0.05, 0) is 12.8 Å². The van der Waals surface area contributed by atoms with Crippen molar-refractivity contribution < 1.29 is 9.72 Å². The first-order valence-electron chi connectivity index (χ1n) is 7.15. The molecule has 0 aliphatic carbocycles. The Morgan fingerprint density at radius 2 is 2.14 bits per heavy atom. The normalized spacial score (nSPS) is 10.2. The SMILES string of the molecule is CCCCN(C)C(=O)c1cc([N+](=O)[O-])cnc1NCCC. The van der Waals surface area contributed by atoms with E-state index in [0.29, 0.717) is 18.9 Å². The van der Waals surface area contributed by atoms with Crippen LogP contribution in [0.25, 0.3) is 0 Å². The van der Waals surface area contributed by atoms with E-state index in [1.165, 1.54) is 12.3 Å². The number of anilines is 1. The number of hydrogen-bond donors (Lipinski definition) is 1. The third-order valence-corrected chi connectivity index (χ3v) is 3.05. The van der Waals surface area contributed by atoms with Gasteiger partial charge in [-0.1, -0.05) is 20.3 Å². The van der Waals surface area contributed by atoms with E-state index in [2.05, 4.69) is 10.3 Å². The van der Waals surface area contributed by atoms with Crippen molar-refractivity contribution in [3.05, 3.63) is 27.9 Å². The molecule has 0 aliphatic heterocycles. The number of hydrogen-bond acceptors (Lipinski definition) is 5. The molecule has 0 radical (unpaired) electrons. The monoisotopic (exact) mass is 294 g/mol. The van der Waals surface area contributed by atoms with Crippen LogP contribution in [0.3, 0.4) is 0 Å². The molecule has 1 N–H and O–H groups in total. The molecule has 7 nitrogen and oxygen atoms in total. The fourth-order valence-electron chi connectivity index (χ4n) is 1.80. The smallest absolute Gasteiger partial charge is 0.288 e. The molecule has 0 unspecified atom stereocenters. The number of nitrogens with one attached hydrogen (secondary N) is 1. The Balaban J connectivity index is 3.06. The standard InChI is InChI=1S/C14H22N4O3/c1-4-6-8-17(3)14(19)12-9-11(18(20)21)10-16-13(12)15-7-5-2/h9-10H,4-8H2,1-3H3,(H,15,16).